The molecule has 0 amide bonds. The maximum atomic E-state index is 13.5. The van der Waals surface area contributed by atoms with E-state index in [2.05, 4.69) is 23.0 Å². The molecule has 1 fully saturated rings. The van der Waals surface area contributed by atoms with E-state index < -0.39 is 5.82 Å². The van der Waals surface area contributed by atoms with E-state index in [4.69, 9.17) is 28.7 Å². The number of anilines is 1. The first-order valence-electron chi connectivity index (χ1n) is 11.4. The molecule has 7 heteroatoms. The molecule has 5 nitrogen and oxygen atoms in total. The molecule has 174 valence electrons. The molecule has 5 rings (SSSR count). The van der Waals surface area contributed by atoms with Gasteiger partial charge in [-0.3, -0.25) is 9.36 Å². The zero-order valence-corrected chi connectivity index (χ0v) is 20.0. The summed E-state index contributed by atoms with van der Waals surface area (Å²) in [5.41, 5.74) is 10.8. The summed E-state index contributed by atoms with van der Waals surface area (Å²) >= 11 is 6.23. The second-order valence-corrected chi connectivity index (χ2v) is 9.81. The molecule has 2 aliphatic rings. The Kier molecular flexibility index (Phi) is 5.50. The first kappa shape index (κ1) is 22.6. The molecule has 1 aromatic heterocycles. The van der Waals surface area contributed by atoms with Crippen LogP contribution in [0.5, 0.6) is 0 Å². The first-order valence-corrected chi connectivity index (χ1v) is 11.8. The first-order chi connectivity index (χ1) is 16.2. The fraction of sp³-hybridized carbons (Fsp3) is 0.333. The summed E-state index contributed by atoms with van der Waals surface area (Å²) in [6.07, 6.45) is 8.34. The molecule has 0 radical (unpaired) electrons. The van der Waals surface area contributed by atoms with Crippen LogP contribution in [0.1, 0.15) is 47.0 Å². The highest BCUT2D eigenvalue weighted by Crippen LogP contribution is 2.51. The van der Waals surface area contributed by atoms with Crippen LogP contribution in [0.3, 0.4) is 0 Å². The molecule has 34 heavy (non-hydrogen) atoms. The molecule has 1 saturated heterocycles. The fourth-order valence-corrected chi connectivity index (χ4v) is 5.81. The second-order valence-electron chi connectivity index (χ2n) is 9.41. The average Bonchev–Trinajstić information content (AvgIpc) is 3.09. The molecule has 2 N–H and O–H groups in total. The van der Waals surface area contributed by atoms with Gasteiger partial charge < -0.3 is 10.6 Å². The van der Waals surface area contributed by atoms with Gasteiger partial charge in [0.05, 0.1) is 16.3 Å². The zero-order valence-electron chi connectivity index (χ0n) is 19.2. The largest absolute Gasteiger partial charge is 0.356 e. The van der Waals surface area contributed by atoms with Gasteiger partial charge >= 0.3 is 0 Å². The number of aryl methyl sites for hydroxylation is 1. The van der Waals surface area contributed by atoms with E-state index in [0.29, 0.717) is 22.9 Å². The van der Waals surface area contributed by atoms with Crippen molar-refractivity contribution in [1.82, 2.24) is 9.55 Å². The summed E-state index contributed by atoms with van der Waals surface area (Å²) in [4.78, 5) is 20.3. The number of aromatic nitrogens is 2. The van der Waals surface area contributed by atoms with Crippen LogP contribution in [0, 0.1) is 37.4 Å². The molecule has 0 bridgehead atoms. The third-order valence-electron chi connectivity index (χ3n) is 7.51. The molecule has 3 aromatic rings. The summed E-state index contributed by atoms with van der Waals surface area (Å²) in [5.74, 6) is 3.44. The Morgan fingerprint density at radius 1 is 1.21 bits per heavy atom. The van der Waals surface area contributed by atoms with Gasteiger partial charge in [-0.2, -0.15) is 0 Å². The van der Waals surface area contributed by atoms with Gasteiger partial charge in [-0.1, -0.05) is 23.6 Å². The molecule has 2 heterocycles. The van der Waals surface area contributed by atoms with Crippen LogP contribution in [-0.4, -0.2) is 22.6 Å². The van der Waals surface area contributed by atoms with Gasteiger partial charge in [-0.25, -0.2) is 9.37 Å². The van der Waals surface area contributed by atoms with Gasteiger partial charge in [0.1, 0.15) is 17.5 Å². The highest BCUT2D eigenvalue weighted by Gasteiger charge is 2.46. The topological polar surface area (TPSA) is 64.2 Å². The van der Waals surface area contributed by atoms with Crippen molar-refractivity contribution in [3.05, 3.63) is 85.7 Å². The van der Waals surface area contributed by atoms with Crippen molar-refractivity contribution in [3.8, 4) is 18.0 Å². The molecule has 0 unspecified atom stereocenters. The Balaban J connectivity index is 1.42. The van der Waals surface area contributed by atoms with Crippen LogP contribution in [0.25, 0.3) is 5.69 Å². The summed E-state index contributed by atoms with van der Waals surface area (Å²) < 4.78 is 15.0. The van der Waals surface area contributed by atoms with E-state index in [-0.39, 0.29) is 22.0 Å². The lowest BCUT2D eigenvalue weighted by Crippen LogP contribution is -2.45. The van der Waals surface area contributed by atoms with E-state index in [1.54, 1.807) is 13.8 Å². The predicted molar refractivity (Wildman–Crippen MR) is 133 cm³/mol. The average molecular weight is 477 g/mol. The highest BCUT2D eigenvalue weighted by molar-refractivity contribution is 6.32. The van der Waals surface area contributed by atoms with Crippen molar-refractivity contribution >= 4 is 17.4 Å². The van der Waals surface area contributed by atoms with Crippen molar-refractivity contribution in [3.63, 3.8) is 0 Å². The number of nitrogens with zero attached hydrogens (tertiary/aromatic N) is 3. The lowest BCUT2D eigenvalue weighted by molar-refractivity contribution is 0.187. The number of hydrogen-bond donors (Lipinski definition) is 1. The molecule has 2 aromatic carbocycles. The van der Waals surface area contributed by atoms with E-state index in [9.17, 15) is 9.18 Å². The van der Waals surface area contributed by atoms with Crippen molar-refractivity contribution in [1.29, 1.82) is 0 Å². The SMILES string of the molecule is C#Cc1ccc2c(c1)[C@@H](N)C1(CCN(c3nc(C)n(-c4ccc(F)cc4Cl)c(=O)c3C)CC1)C2. The van der Waals surface area contributed by atoms with Crippen LogP contribution in [0.15, 0.2) is 41.2 Å². The van der Waals surface area contributed by atoms with Gasteiger partial charge in [-0.15, -0.1) is 6.42 Å². The Bertz CT molecular complexity index is 1400. The molecular weight excluding hydrogens is 451 g/mol. The van der Waals surface area contributed by atoms with E-state index in [1.165, 1.54) is 28.3 Å². The van der Waals surface area contributed by atoms with Crippen LogP contribution in [-0.2, 0) is 6.42 Å². The number of piperidine rings is 1. The molecule has 0 saturated carbocycles. The third-order valence-corrected chi connectivity index (χ3v) is 7.81. The van der Waals surface area contributed by atoms with E-state index in [0.717, 1.165) is 43.5 Å². The van der Waals surface area contributed by atoms with Gasteiger partial charge in [0.25, 0.3) is 5.56 Å². The van der Waals surface area contributed by atoms with Crippen LogP contribution >= 0.6 is 11.6 Å². The monoisotopic (exact) mass is 476 g/mol. The zero-order chi connectivity index (χ0) is 24.2. The Morgan fingerprint density at radius 2 is 1.94 bits per heavy atom. The smallest absolute Gasteiger partial charge is 0.263 e. The fourth-order valence-electron chi connectivity index (χ4n) is 5.56. The van der Waals surface area contributed by atoms with Crippen molar-refractivity contribution < 1.29 is 4.39 Å². The number of fused-ring (bicyclic) bond motifs is 1. The van der Waals surface area contributed by atoms with Crippen LogP contribution in [0.4, 0.5) is 10.2 Å². The van der Waals surface area contributed by atoms with Gasteiger partial charge in [0, 0.05) is 24.7 Å². The predicted octanol–water partition coefficient (Wildman–Crippen LogP) is 4.47. The highest BCUT2D eigenvalue weighted by atomic mass is 35.5. The van der Waals surface area contributed by atoms with Gasteiger partial charge in [0.15, 0.2) is 0 Å². The third kappa shape index (κ3) is 3.51. The van der Waals surface area contributed by atoms with Crippen molar-refractivity contribution in [2.45, 2.75) is 39.2 Å². The Labute approximate surface area is 203 Å². The van der Waals surface area contributed by atoms with Crippen LogP contribution < -0.4 is 16.2 Å². The Morgan fingerprint density at radius 3 is 2.62 bits per heavy atom. The molecule has 1 aliphatic carbocycles. The summed E-state index contributed by atoms with van der Waals surface area (Å²) in [5, 5.41) is 0.168. The lowest BCUT2D eigenvalue weighted by atomic mass is 9.73. The number of terminal acetylenes is 1. The Hall–Kier alpha value is -3.14. The maximum Gasteiger partial charge on any atom is 0.263 e. The van der Waals surface area contributed by atoms with E-state index >= 15 is 0 Å². The minimum atomic E-state index is -0.453. The minimum Gasteiger partial charge on any atom is -0.356 e. The minimum absolute atomic E-state index is 0.00831. The van der Waals surface area contributed by atoms with Crippen molar-refractivity contribution in [2.24, 2.45) is 11.1 Å². The van der Waals surface area contributed by atoms with E-state index in [1.807, 2.05) is 6.07 Å². The number of nitrogens with two attached hydrogens (primary N) is 1. The standard InChI is InChI=1S/C27H26ClFN4O/c1-4-18-5-6-19-15-27(24(30)21(19)13-18)9-11-32(12-10-27)25-16(2)26(34)33(17(3)31-25)23-8-7-20(29)14-22(23)28/h1,5-8,13-14,24H,9-12,15,30H2,2-3H3/t24-/m1/s1. The molecule has 1 atom stereocenters. The van der Waals surface area contributed by atoms with Gasteiger partial charge in [-0.05, 0) is 80.0 Å². The quantitative estimate of drug-likeness (QED) is 0.554. The lowest BCUT2D eigenvalue weighted by Gasteiger charge is -2.43. The number of rotatable bonds is 2. The normalized spacial score (nSPS) is 18.7. The number of benzene rings is 2. The second kappa shape index (κ2) is 8.26. The number of hydrogen-bond acceptors (Lipinski definition) is 4. The maximum absolute atomic E-state index is 13.5. The summed E-state index contributed by atoms with van der Waals surface area (Å²) in [7, 11) is 0. The summed E-state index contributed by atoms with van der Waals surface area (Å²) in [6.45, 7) is 5.07. The molecule has 1 spiro atoms. The summed E-state index contributed by atoms with van der Waals surface area (Å²) in [6, 6.07) is 10.1. The molecular formula is C27H26ClFN4O. The van der Waals surface area contributed by atoms with Gasteiger partial charge in [0.2, 0.25) is 0 Å². The number of halogens is 2. The van der Waals surface area contributed by atoms with Crippen LogP contribution in [0.2, 0.25) is 5.02 Å². The van der Waals surface area contributed by atoms with Crippen molar-refractivity contribution in [2.75, 3.05) is 18.0 Å². The molecule has 1 aliphatic heterocycles.